The zero-order chi connectivity index (χ0) is 20.1. The number of urea groups is 1. The molecule has 1 aliphatic rings. The molecule has 3 amide bonds. The Kier molecular flexibility index (Phi) is 6.34. The van der Waals surface area contributed by atoms with Crippen LogP contribution in [0.2, 0.25) is 0 Å². The quantitative estimate of drug-likeness (QED) is 0.703. The summed E-state index contributed by atoms with van der Waals surface area (Å²) < 4.78 is 5.77. The molecule has 5 heteroatoms. The molecule has 28 heavy (non-hydrogen) atoms. The summed E-state index contributed by atoms with van der Waals surface area (Å²) in [5.41, 5.74) is 3.64. The van der Waals surface area contributed by atoms with Crippen LogP contribution in [-0.2, 0) is 11.2 Å². The molecule has 5 nitrogen and oxygen atoms in total. The average Bonchev–Trinajstić information content (AvgIpc) is 2.94. The van der Waals surface area contributed by atoms with Gasteiger partial charge in [-0.05, 0) is 54.5 Å². The number of nitrogens with zero attached hydrogens (tertiary/aromatic N) is 1. The molecule has 0 aromatic heterocycles. The molecule has 148 valence electrons. The molecule has 0 saturated carbocycles. The van der Waals surface area contributed by atoms with E-state index in [0.717, 1.165) is 17.7 Å². The number of rotatable bonds is 8. The number of carbonyl (C=O) groups excluding carboxylic acids is 2. The maximum Gasteiger partial charge on any atom is 0.324 e. The maximum atomic E-state index is 12.5. The zero-order valence-corrected chi connectivity index (χ0v) is 16.8. The van der Waals surface area contributed by atoms with Crippen molar-refractivity contribution in [2.75, 3.05) is 13.2 Å². The second-order valence-electron chi connectivity index (χ2n) is 7.54. The van der Waals surface area contributed by atoms with Crippen LogP contribution in [0.5, 0.6) is 5.75 Å². The molecule has 0 spiro atoms. The van der Waals surface area contributed by atoms with Gasteiger partial charge in [0.2, 0.25) is 0 Å². The molecule has 2 aromatic carbocycles. The highest BCUT2D eigenvalue weighted by atomic mass is 16.5. The Morgan fingerprint density at radius 1 is 1.11 bits per heavy atom. The smallest absolute Gasteiger partial charge is 0.324 e. The van der Waals surface area contributed by atoms with Gasteiger partial charge in [0, 0.05) is 0 Å². The summed E-state index contributed by atoms with van der Waals surface area (Å²) in [6, 6.07) is 15.2. The predicted molar refractivity (Wildman–Crippen MR) is 110 cm³/mol. The summed E-state index contributed by atoms with van der Waals surface area (Å²) in [5, 5.41) is 2.78. The second kappa shape index (κ2) is 8.91. The summed E-state index contributed by atoms with van der Waals surface area (Å²) in [5.74, 6) is 1.05. The Labute approximate surface area is 166 Å². The Hall–Kier alpha value is -2.82. The van der Waals surface area contributed by atoms with E-state index in [2.05, 4.69) is 32.2 Å². The number of ether oxygens (including phenoxy) is 1. The highest BCUT2D eigenvalue weighted by molar-refractivity contribution is 6.04. The lowest BCUT2D eigenvalue weighted by atomic mass is 9.98. The summed E-state index contributed by atoms with van der Waals surface area (Å²) in [7, 11) is 0. The van der Waals surface area contributed by atoms with Gasteiger partial charge in [-0.3, -0.25) is 9.69 Å². The maximum absolute atomic E-state index is 12.5. The van der Waals surface area contributed by atoms with Crippen LogP contribution in [0.25, 0.3) is 0 Å². The van der Waals surface area contributed by atoms with E-state index < -0.39 is 6.04 Å². The number of carbonyl (C=O) groups is 2. The summed E-state index contributed by atoms with van der Waals surface area (Å²) >= 11 is 0. The lowest BCUT2D eigenvalue weighted by molar-refractivity contribution is -0.127. The lowest BCUT2D eigenvalue weighted by Gasteiger charge is -2.15. The molecule has 0 bridgehead atoms. The van der Waals surface area contributed by atoms with E-state index in [-0.39, 0.29) is 25.1 Å². The first kappa shape index (κ1) is 19.9. The van der Waals surface area contributed by atoms with Crippen molar-refractivity contribution in [2.45, 2.75) is 45.6 Å². The highest BCUT2D eigenvalue weighted by Crippen LogP contribution is 2.23. The Bertz CT molecular complexity index is 833. The topological polar surface area (TPSA) is 58.6 Å². The third-order valence-electron chi connectivity index (χ3n) is 5.12. The minimum Gasteiger partial charge on any atom is -0.492 e. The fourth-order valence-corrected chi connectivity index (χ4v) is 3.58. The van der Waals surface area contributed by atoms with Crippen LogP contribution in [0.1, 0.15) is 42.9 Å². The molecule has 1 heterocycles. The standard InChI is InChI=1S/C23H28N2O3/c1-16(2)20-11-10-19(15-17(20)3)28-14-13-25-22(26)21(24-23(25)27)12-9-18-7-5-4-6-8-18/h4-8,10-11,15-16,21H,9,12-14H2,1-3H3,(H,24,27). The van der Waals surface area contributed by atoms with Gasteiger partial charge in [0.1, 0.15) is 18.4 Å². The van der Waals surface area contributed by atoms with Crippen LogP contribution in [0.4, 0.5) is 4.79 Å². The second-order valence-corrected chi connectivity index (χ2v) is 7.54. The number of aryl methyl sites for hydroxylation is 2. The van der Waals surface area contributed by atoms with Gasteiger partial charge in [0.25, 0.3) is 5.91 Å². The molecule has 1 unspecified atom stereocenters. The number of benzene rings is 2. The minimum absolute atomic E-state index is 0.170. The fraction of sp³-hybridized carbons (Fsp3) is 0.391. The molecule has 1 fully saturated rings. The van der Waals surface area contributed by atoms with E-state index in [1.807, 2.05) is 42.5 Å². The Morgan fingerprint density at radius 3 is 2.54 bits per heavy atom. The molecule has 3 rings (SSSR count). The van der Waals surface area contributed by atoms with Gasteiger partial charge in [-0.1, -0.05) is 50.2 Å². The highest BCUT2D eigenvalue weighted by Gasteiger charge is 2.37. The van der Waals surface area contributed by atoms with E-state index in [0.29, 0.717) is 12.3 Å². The molecule has 1 aliphatic heterocycles. The normalized spacial score (nSPS) is 16.6. The van der Waals surface area contributed by atoms with Crippen LogP contribution in [0.15, 0.2) is 48.5 Å². The van der Waals surface area contributed by atoms with Gasteiger partial charge in [-0.15, -0.1) is 0 Å². The van der Waals surface area contributed by atoms with Crippen LogP contribution in [0.3, 0.4) is 0 Å². The van der Waals surface area contributed by atoms with E-state index in [4.69, 9.17) is 4.74 Å². The third-order valence-corrected chi connectivity index (χ3v) is 5.12. The zero-order valence-electron chi connectivity index (χ0n) is 16.8. The van der Waals surface area contributed by atoms with Crippen molar-refractivity contribution in [3.05, 3.63) is 65.2 Å². The monoisotopic (exact) mass is 380 g/mol. The predicted octanol–water partition coefficient (Wildman–Crippen LogP) is 4.05. The number of amides is 3. The van der Waals surface area contributed by atoms with Gasteiger partial charge in [0.05, 0.1) is 6.54 Å². The Balaban J connectivity index is 1.50. The molecule has 1 atom stereocenters. The van der Waals surface area contributed by atoms with E-state index in [1.165, 1.54) is 16.0 Å². The molecule has 0 aliphatic carbocycles. The molecule has 0 radical (unpaired) electrons. The van der Waals surface area contributed by atoms with Crippen molar-refractivity contribution in [3.8, 4) is 5.75 Å². The largest absolute Gasteiger partial charge is 0.492 e. The van der Waals surface area contributed by atoms with E-state index in [1.54, 1.807) is 0 Å². The SMILES string of the molecule is Cc1cc(OCCN2C(=O)NC(CCc3ccccc3)C2=O)ccc1C(C)C. The van der Waals surface area contributed by atoms with Crippen molar-refractivity contribution in [1.29, 1.82) is 0 Å². The van der Waals surface area contributed by atoms with Crippen molar-refractivity contribution in [3.63, 3.8) is 0 Å². The van der Waals surface area contributed by atoms with Crippen LogP contribution in [-0.4, -0.2) is 36.0 Å². The van der Waals surface area contributed by atoms with Crippen LogP contribution in [0, 0.1) is 6.92 Å². The first-order valence-electron chi connectivity index (χ1n) is 9.85. The van der Waals surface area contributed by atoms with Gasteiger partial charge < -0.3 is 10.1 Å². The third kappa shape index (κ3) is 4.71. The number of imide groups is 1. The van der Waals surface area contributed by atoms with Crippen LogP contribution >= 0.6 is 0 Å². The average molecular weight is 380 g/mol. The van der Waals surface area contributed by atoms with Crippen molar-refractivity contribution in [2.24, 2.45) is 0 Å². The lowest BCUT2D eigenvalue weighted by Crippen LogP contribution is -2.35. The number of nitrogens with one attached hydrogen (secondary N) is 1. The number of hydrogen-bond donors (Lipinski definition) is 1. The summed E-state index contributed by atoms with van der Waals surface area (Å²) in [6.07, 6.45) is 1.35. The van der Waals surface area contributed by atoms with Crippen molar-refractivity contribution >= 4 is 11.9 Å². The van der Waals surface area contributed by atoms with Crippen molar-refractivity contribution in [1.82, 2.24) is 10.2 Å². The molecular weight excluding hydrogens is 352 g/mol. The van der Waals surface area contributed by atoms with E-state index >= 15 is 0 Å². The molecular formula is C23H28N2O3. The first-order valence-corrected chi connectivity index (χ1v) is 9.85. The van der Waals surface area contributed by atoms with Gasteiger partial charge >= 0.3 is 6.03 Å². The summed E-state index contributed by atoms with van der Waals surface area (Å²) in [4.78, 5) is 26.0. The van der Waals surface area contributed by atoms with Crippen LogP contribution < -0.4 is 10.1 Å². The molecule has 1 N–H and O–H groups in total. The first-order chi connectivity index (χ1) is 13.5. The molecule has 2 aromatic rings. The van der Waals surface area contributed by atoms with Gasteiger partial charge in [-0.2, -0.15) is 0 Å². The summed E-state index contributed by atoms with van der Waals surface area (Å²) in [6.45, 7) is 6.92. The Morgan fingerprint density at radius 2 is 1.86 bits per heavy atom. The van der Waals surface area contributed by atoms with E-state index in [9.17, 15) is 9.59 Å². The van der Waals surface area contributed by atoms with Gasteiger partial charge in [-0.25, -0.2) is 4.79 Å². The minimum atomic E-state index is -0.458. The van der Waals surface area contributed by atoms with Crippen molar-refractivity contribution < 1.29 is 14.3 Å². The number of hydrogen-bond acceptors (Lipinski definition) is 3. The fourth-order valence-electron chi connectivity index (χ4n) is 3.58. The van der Waals surface area contributed by atoms with Gasteiger partial charge in [0.15, 0.2) is 0 Å². The molecule has 1 saturated heterocycles.